The first-order chi connectivity index (χ1) is 15.2. The Morgan fingerprint density at radius 2 is 1.68 bits per heavy atom. The molecule has 2 N–H and O–H groups in total. The third kappa shape index (κ3) is 5.70. The van der Waals surface area contributed by atoms with Crippen molar-refractivity contribution in [2.24, 2.45) is 0 Å². The fourth-order valence-electron chi connectivity index (χ4n) is 4.69. The monoisotopic (exact) mass is 422 g/mol. The standard InChI is InChI=1S/C25H34N4O2/c1-31-23-11-9-22(10-12-23)28-17-13-21(14-18-28)27-25(30)26-19-24(29-15-5-6-16-29)20-7-3-2-4-8-20/h2-4,7-12,21,24H,5-6,13-19H2,1H3,(H2,26,27,30). The number of benzene rings is 2. The molecule has 4 rings (SSSR count). The lowest BCUT2D eigenvalue weighted by Gasteiger charge is -2.34. The molecule has 1 atom stereocenters. The number of nitrogens with one attached hydrogen (secondary N) is 2. The van der Waals surface area contributed by atoms with Gasteiger partial charge in [0.1, 0.15) is 5.75 Å². The van der Waals surface area contributed by atoms with Gasteiger partial charge in [-0.1, -0.05) is 30.3 Å². The lowest BCUT2D eigenvalue weighted by Crippen LogP contribution is -2.49. The van der Waals surface area contributed by atoms with E-state index < -0.39 is 0 Å². The van der Waals surface area contributed by atoms with Gasteiger partial charge in [-0.05, 0) is 68.6 Å². The van der Waals surface area contributed by atoms with Crippen LogP contribution in [0.4, 0.5) is 10.5 Å². The molecule has 2 aliphatic rings. The molecule has 0 aliphatic carbocycles. The third-order valence-electron chi connectivity index (χ3n) is 6.49. The Morgan fingerprint density at radius 1 is 1.00 bits per heavy atom. The van der Waals surface area contributed by atoms with Crippen LogP contribution in [0.3, 0.4) is 0 Å². The Hall–Kier alpha value is -2.73. The number of urea groups is 1. The molecular formula is C25H34N4O2. The van der Waals surface area contributed by atoms with Crippen LogP contribution in [-0.4, -0.2) is 56.8 Å². The second kappa shape index (κ2) is 10.5. The minimum absolute atomic E-state index is 0.0528. The average Bonchev–Trinajstić information content (AvgIpc) is 3.35. The molecule has 166 valence electrons. The van der Waals surface area contributed by atoms with Gasteiger partial charge in [0, 0.05) is 31.4 Å². The molecule has 2 fully saturated rings. The normalized spacial score (nSPS) is 18.5. The topological polar surface area (TPSA) is 56.8 Å². The Bertz CT molecular complexity index is 813. The number of nitrogens with zero attached hydrogens (tertiary/aromatic N) is 2. The second-order valence-electron chi connectivity index (χ2n) is 8.48. The largest absolute Gasteiger partial charge is 0.497 e. The molecule has 2 aromatic rings. The van der Waals surface area contributed by atoms with Crippen molar-refractivity contribution in [2.45, 2.75) is 37.8 Å². The Morgan fingerprint density at radius 3 is 2.32 bits per heavy atom. The first-order valence-electron chi connectivity index (χ1n) is 11.5. The summed E-state index contributed by atoms with van der Waals surface area (Å²) in [5.41, 5.74) is 2.48. The molecule has 1 unspecified atom stereocenters. The van der Waals surface area contributed by atoms with E-state index in [1.807, 2.05) is 18.2 Å². The van der Waals surface area contributed by atoms with Crippen LogP contribution in [0.1, 0.15) is 37.3 Å². The van der Waals surface area contributed by atoms with E-state index in [4.69, 9.17) is 4.74 Å². The van der Waals surface area contributed by atoms with Gasteiger partial charge >= 0.3 is 6.03 Å². The molecule has 6 nitrogen and oxygen atoms in total. The zero-order valence-electron chi connectivity index (χ0n) is 18.4. The van der Waals surface area contributed by atoms with E-state index in [2.05, 4.69) is 56.8 Å². The summed E-state index contributed by atoms with van der Waals surface area (Å²) in [4.78, 5) is 17.5. The zero-order valence-corrected chi connectivity index (χ0v) is 18.4. The van der Waals surface area contributed by atoms with Crippen LogP contribution in [0.15, 0.2) is 54.6 Å². The number of carbonyl (C=O) groups excluding carboxylic acids is 1. The fraction of sp³-hybridized carbons (Fsp3) is 0.480. The van der Waals surface area contributed by atoms with E-state index in [9.17, 15) is 4.79 Å². The number of piperidine rings is 1. The highest BCUT2D eigenvalue weighted by Crippen LogP contribution is 2.25. The maximum Gasteiger partial charge on any atom is 0.315 e. The van der Waals surface area contributed by atoms with Gasteiger partial charge in [-0.2, -0.15) is 0 Å². The average molecular weight is 423 g/mol. The first-order valence-corrected chi connectivity index (χ1v) is 11.5. The molecule has 0 aromatic heterocycles. The molecule has 2 amide bonds. The molecule has 0 bridgehead atoms. The van der Waals surface area contributed by atoms with Gasteiger partial charge in [0.05, 0.1) is 13.2 Å². The van der Waals surface area contributed by atoms with Crippen LogP contribution >= 0.6 is 0 Å². The van der Waals surface area contributed by atoms with E-state index in [0.29, 0.717) is 6.54 Å². The minimum atomic E-state index is -0.0528. The van der Waals surface area contributed by atoms with Gasteiger partial charge < -0.3 is 20.3 Å². The lowest BCUT2D eigenvalue weighted by atomic mass is 10.0. The molecule has 2 aromatic carbocycles. The predicted molar refractivity (Wildman–Crippen MR) is 125 cm³/mol. The third-order valence-corrected chi connectivity index (χ3v) is 6.49. The number of hydrogen-bond donors (Lipinski definition) is 2. The van der Waals surface area contributed by atoms with Crippen molar-refractivity contribution in [1.29, 1.82) is 0 Å². The molecule has 0 spiro atoms. The van der Waals surface area contributed by atoms with Crippen LogP contribution < -0.4 is 20.3 Å². The summed E-state index contributed by atoms with van der Waals surface area (Å²) in [6.45, 7) is 4.73. The van der Waals surface area contributed by atoms with Crippen molar-refractivity contribution in [3.63, 3.8) is 0 Å². The number of likely N-dealkylation sites (tertiary alicyclic amines) is 1. The number of methoxy groups -OCH3 is 1. The quantitative estimate of drug-likeness (QED) is 0.713. The van der Waals surface area contributed by atoms with Gasteiger partial charge in [-0.25, -0.2) is 4.79 Å². The summed E-state index contributed by atoms with van der Waals surface area (Å²) < 4.78 is 5.24. The number of ether oxygens (including phenoxy) is 1. The van der Waals surface area contributed by atoms with Crippen LogP contribution in [0.25, 0.3) is 0 Å². The Balaban J connectivity index is 1.25. The van der Waals surface area contributed by atoms with Gasteiger partial charge in [0.25, 0.3) is 0 Å². The van der Waals surface area contributed by atoms with Crippen LogP contribution in [-0.2, 0) is 0 Å². The van der Waals surface area contributed by atoms with Gasteiger partial charge in [-0.15, -0.1) is 0 Å². The summed E-state index contributed by atoms with van der Waals surface area (Å²) in [6.07, 6.45) is 4.38. The maximum absolute atomic E-state index is 12.6. The minimum Gasteiger partial charge on any atom is -0.497 e. The van der Waals surface area contributed by atoms with Crippen molar-refractivity contribution in [2.75, 3.05) is 44.7 Å². The molecule has 2 aliphatic heterocycles. The van der Waals surface area contributed by atoms with E-state index in [1.165, 1.54) is 24.1 Å². The van der Waals surface area contributed by atoms with Crippen LogP contribution in [0.5, 0.6) is 5.75 Å². The molecule has 0 radical (unpaired) electrons. The molecule has 31 heavy (non-hydrogen) atoms. The molecule has 2 saturated heterocycles. The number of amides is 2. The maximum atomic E-state index is 12.6. The van der Waals surface area contributed by atoms with E-state index in [-0.39, 0.29) is 18.1 Å². The number of hydrogen-bond acceptors (Lipinski definition) is 4. The van der Waals surface area contributed by atoms with Crippen molar-refractivity contribution in [3.05, 3.63) is 60.2 Å². The van der Waals surface area contributed by atoms with Crippen LogP contribution in [0.2, 0.25) is 0 Å². The summed E-state index contributed by atoms with van der Waals surface area (Å²) in [6, 6.07) is 19.1. The molecule has 2 heterocycles. The molecular weight excluding hydrogens is 388 g/mol. The Kier molecular flexibility index (Phi) is 7.30. The number of rotatable bonds is 7. The summed E-state index contributed by atoms with van der Waals surface area (Å²) in [7, 11) is 1.68. The van der Waals surface area contributed by atoms with Crippen molar-refractivity contribution >= 4 is 11.7 Å². The summed E-state index contributed by atoms with van der Waals surface area (Å²) >= 11 is 0. The highest BCUT2D eigenvalue weighted by atomic mass is 16.5. The molecule has 6 heteroatoms. The SMILES string of the molecule is COc1ccc(N2CCC(NC(=O)NCC(c3ccccc3)N3CCCC3)CC2)cc1. The first kappa shape index (κ1) is 21.5. The van der Waals surface area contributed by atoms with Gasteiger partial charge in [0.2, 0.25) is 0 Å². The van der Waals surface area contributed by atoms with E-state index in [1.54, 1.807) is 7.11 Å². The van der Waals surface area contributed by atoms with Crippen molar-refractivity contribution in [1.82, 2.24) is 15.5 Å². The Labute approximate surface area is 185 Å². The van der Waals surface area contributed by atoms with E-state index >= 15 is 0 Å². The summed E-state index contributed by atoms with van der Waals surface area (Å²) in [5, 5.41) is 6.33. The van der Waals surface area contributed by atoms with Crippen molar-refractivity contribution in [3.8, 4) is 5.75 Å². The van der Waals surface area contributed by atoms with Gasteiger partial charge in [0.15, 0.2) is 0 Å². The second-order valence-corrected chi connectivity index (χ2v) is 8.48. The number of carbonyl (C=O) groups is 1. The zero-order chi connectivity index (χ0) is 21.5. The van der Waals surface area contributed by atoms with Crippen molar-refractivity contribution < 1.29 is 9.53 Å². The fourth-order valence-corrected chi connectivity index (χ4v) is 4.69. The molecule has 0 saturated carbocycles. The predicted octanol–water partition coefficient (Wildman–Crippen LogP) is 3.80. The lowest BCUT2D eigenvalue weighted by molar-refractivity contribution is 0.217. The number of anilines is 1. The highest BCUT2D eigenvalue weighted by Gasteiger charge is 2.25. The van der Waals surface area contributed by atoms with Crippen LogP contribution in [0, 0.1) is 0 Å². The van der Waals surface area contributed by atoms with E-state index in [0.717, 1.165) is 44.8 Å². The summed E-state index contributed by atoms with van der Waals surface area (Å²) in [5.74, 6) is 0.875. The van der Waals surface area contributed by atoms with Gasteiger partial charge in [-0.3, -0.25) is 4.90 Å². The highest BCUT2D eigenvalue weighted by molar-refractivity contribution is 5.74. The smallest absolute Gasteiger partial charge is 0.315 e.